The van der Waals surface area contributed by atoms with Gasteiger partial charge in [-0.3, -0.25) is 0 Å². The number of fused-ring (bicyclic) bond motifs is 1. The maximum atomic E-state index is 12.6. The highest BCUT2D eigenvalue weighted by molar-refractivity contribution is 6.36. The molecule has 1 aliphatic rings. The second-order valence-electron chi connectivity index (χ2n) is 7.87. The van der Waals surface area contributed by atoms with Crippen LogP contribution in [0.15, 0.2) is 72.8 Å². The number of hydrogen-bond acceptors (Lipinski definition) is 4. The van der Waals surface area contributed by atoms with E-state index < -0.39 is 0 Å². The van der Waals surface area contributed by atoms with Crippen molar-refractivity contribution in [3.8, 4) is 11.3 Å². The Morgan fingerprint density at radius 2 is 1.61 bits per heavy atom. The molecule has 8 heteroatoms. The van der Waals surface area contributed by atoms with Gasteiger partial charge in [-0.05, 0) is 47.2 Å². The molecule has 0 aliphatic carbocycles. The number of urea groups is 1. The largest absolute Gasteiger partial charge is 0.352 e. The summed E-state index contributed by atoms with van der Waals surface area (Å²) in [6, 6.07) is 23.4. The first-order valence-electron chi connectivity index (χ1n) is 10.7. The van der Waals surface area contributed by atoms with Gasteiger partial charge in [0.05, 0.1) is 16.4 Å². The third-order valence-corrected chi connectivity index (χ3v) is 6.31. The predicted molar refractivity (Wildman–Crippen MR) is 134 cm³/mol. The number of nitrogens with zero attached hydrogens (tertiary/aromatic N) is 4. The van der Waals surface area contributed by atoms with Crippen LogP contribution in [0, 0.1) is 0 Å². The van der Waals surface area contributed by atoms with Gasteiger partial charge in [0.15, 0.2) is 5.82 Å². The molecule has 1 fully saturated rings. The standard InChI is InChI=1S/C25H21Cl2N5O/c26-20-7-8-23(21(27)16-20)28-25(33)32-13-11-31(12-14-32)24-10-9-22(29-30-24)19-6-5-17-3-1-2-4-18(17)15-19/h1-10,15-16H,11-14H2,(H,28,33). The number of piperazine rings is 1. The van der Waals surface area contributed by atoms with E-state index in [2.05, 4.69) is 50.7 Å². The van der Waals surface area contributed by atoms with Gasteiger partial charge in [-0.25, -0.2) is 4.79 Å². The van der Waals surface area contributed by atoms with Crippen molar-refractivity contribution in [2.75, 3.05) is 36.4 Å². The highest BCUT2D eigenvalue weighted by Gasteiger charge is 2.22. The van der Waals surface area contributed by atoms with E-state index in [4.69, 9.17) is 23.2 Å². The van der Waals surface area contributed by atoms with Crippen LogP contribution >= 0.6 is 23.2 Å². The molecule has 6 nitrogen and oxygen atoms in total. The van der Waals surface area contributed by atoms with Crippen LogP contribution in [0.2, 0.25) is 10.0 Å². The zero-order valence-corrected chi connectivity index (χ0v) is 19.2. The number of carbonyl (C=O) groups is 1. The summed E-state index contributed by atoms with van der Waals surface area (Å²) in [6.45, 7) is 2.49. The highest BCUT2D eigenvalue weighted by Crippen LogP contribution is 2.26. The number of nitrogens with one attached hydrogen (secondary N) is 1. The third kappa shape index (κ3) is 4.72. The van der Waals surface area contributed by atoms with Gasteiger partial charge in [0.2, 0.25) is 0 Å². The molecule has 0 radical (unpaired) electrons. The van der Waals surface area contributed by atoms with Crippen LogP contribution in [0.5, 0.6) is 0 Å². The molecule has 1 aromatic heterocycles. The fourth-order valence-corrected chi connectivity index (χ4v) is 4.38. The quantitative estimate of drug-likeness (QED) is 0.395. The summed E-state index contributed by atoms with van der Waals surface area (Å²) in [5.74, 6) is 0.806. The Balaban J connectivity index is 1.21. The van der Waals surface area contributed by atoms with Gasteiger partial charge < -0.3 is 15.1 Å². The zero-order chi connectivity index (χ0) is 22.8. The van der Waals surface area contributed by atoms with Crippen molar-refractivity contribution in [1.82, 2.24) is 15.1 Å². The van der Waals surface area contributed by atoms with Crippen LogP contribution in [0.1, 0.15) is 0 Å². The second-order valence-corrected chi connectivity index (χ2v) is 8.71. The third-order valence-electron chi connectivity index (χ3n) is 5.76. The molecule has 2 amide bonds. The van der Waals surface area contributed by atoms with E-state index in [1.165, 1.54) is 10.8 Å². The maximum Gasteiger partial charge on any atom is 0.322 e. The minimum Gasteiger partial charge on any atom is -0.352 e. The van der Waals surface area contributed by atoms with Crippen LogP contribution in [-0.2, 0) is 0 Å². The molecule has 166 valence electrons. The van der Waals surface area contributed by atoms with Crippen molar-refractivity contribution >= 4 is 51.5 Å². The number of rotatable bonds is 3. The first kappa shape index (κ1) is 21.5. The molecule has 0 bridgehead atoms. The lowest BCUT2D eigenvalue weighted by Gasteiger charge is -2.35. The minimum absolute atomic E-state index is 0.184. The number of halogens is 2. The average Bonchev–Trinajstić information content (AvgIpc) is 2.85. The van der Waals surface area contributed by atoms with Gasteiger partial charge in [0.1, 0.15) is 0 Å². The number of anilines is 2. The van der Waals surface area contributed by atoms with Gasteiger partial charge in [0.25, 0.3) is 0 Å². The first-order chi connectivity index (χ1) is 16.1. The van der Waals surface area contributed by atoms with Crippen molar-refractivity contribution in [3.05, 3.63) is 82.8 Å². The maximum absolute atomic E-state index is 12.6. The molecule has 33 heavy (non-hydrogen) atoms. The lowest BCUT2D eigenvalue weighted by atomic mass is 10.1. The Bertz CT molecular complexity index is 1300. The van der Waals surface area contributed by atoms with Gasteiger partial charge >= 0.3 is 6.03 Å². The Morgan fingerprint density at radius 1 is 0.818 bits per heavy atom. The van der Waals surface area contributed by atoms with Crippen LogP contribution < -0.4 is 10.2 Å². The average molecular weight is 478 g/mol. The van der Waals surface area contributed by atoms with E-state index in [9.17, 15) is 4.79 Å². The molecule has 2 heterocycles. The Kier molecular flexibility index (Phi) is 6.03. The van der Waals surface area contributed by atoms with E-state index in [-0.39, 0.29) is 6.03 Å². The van der Waals surface area contributed by atoms with Crippen molar-refractivity contribution in [3.63, 3.8) is 0 Å². The van der Waals surface area contributed by atoms with E-state index in [1.807, 2.05) is 24.3 Å². The summed E-state index contributed by atoms with van der Waals surface area (Å²) in [4.78, 5) is 16.5. The molecule has 1 N–H and O–H groups in total. The van der Waals surface area contributed by atoms with Crippen molar-refractivity contribution in [2.45, 2.75) is 0 Å². The summed E-state index contributed by atoms with van der Waals surface area (Å²) in [5, 5.41) is 15.1. The molecule has 0 spiro atoms. The zero-order valence-electron chi connectivity index (χ0n) is 17.7. The molecule has 3 aromatic carbocycles. The molecule has 1 aliphatic heterocycles. The van der Waals surface area contributed by atoms with Crippen molar-refractivity contribution in [2.24, 2.45) is 0 Å². The Labute approximate surface area is 201 Å². The fraction of sp³-hybridized carbons (Fsp3) is 0.160. The molecular weight excluding hydrogens is 457 g/mol. The Hall–Kier alpha value is -3.35. The smallest absolute Gasteiger partial charge is 0.322 e. The van der Waals surface area contributed by atoms with Crippen molar-refractivity contribution in [1.29, 1.82) is 0 Å². The lowest BCUT2D eigenvalue weighted by Crippen LogP contribution is -2.50. The van der Waals surface area contributed by atoms with Gasteiger partial charge in [0, 0.05) is 36.8 Å². The number of carbonyl (C=O) groups excluding carboxylic acids is 1. The summed E-state index contributed by atoms with van der Waals surface area (Å²) in [5.41, 5.74) is 2.42. The predicted octanol–water partition coefficient (Wildman–Crippen LogP) is 5.96. The summed E-state index contributed by atoms with van der Waals surface area (Å²) >= 11 is 12.1. The van der Waals surface area contributed by atoms with Gasteiger partial charge in [-0.1, -0.05) is 59.6 Å². The molecule has 0 saturated carbocycles. The summed E-state index contributed by atoms with van der Waals surface area (Å²) in [6.07, 6.45) is 0. The molecular formula is C25H21Cl2N5O. The van der Waals surface area contributed by atoms with Crippen LogP contribution in [-0.4, -0.2) is 47.3 Å². The summed E-state index contributed by atoms with van der Waals surface area (Å²) < 4.78 is 0. The molecule has 0 unspecified atom stereocenters. The lowest BCUT2D eigenvalue weighted by molar-refractivity contribution is 0.208. The SMILES string of the molecule is O=C(Nc1ccc(Cl)cc1Cl)N1CCN(c2ccc(-c3ccc4ccccc4c3)nn2)CC1. The van der Waals surface area contributed by atoms with Gasteiger partial charge in [-0.2, -0.15) is 0 Å². The number of amides is 2. The number of benzene rings is 3. The minimum atomic E-state index is -0.184. The van der Waals surface area contributed by atoms with Crippen LogP contribution in [0.25, 0.3) is 22.0 Å². The van der Waals surface area contributed by atoms with Gasteiger partial charge in [-0.15, -0.1) is 10.2 Å². The highest BCUT2D eigenvalue weighted by atomic mass is 35.5. The number of aromatic nitrogens is 2. The van der Waals surface area contributed by atoms with Crippen LogP contribution in [0.3, 0.4) is 0 Å². The molecule has 0 atom stereocenters. The fourth-order valence-electron chi connectivity index (χ4n) is 3.92. The summed E-state index contributed by atoms with van der Waals surface area (Å²) in [7, 11) is 0. The molecule has 4 aromatic rings. The van der Waals surface area contributed by atoms with E-state index in [0.29, 0.717) is 41.9 Å². The van der Waals surface area contributed by atoms with E-state index in [1.54, 1.807) is 23.1 Å². The molecule has 1 saturated heterocycles. The van der Waals surface area contributed by atoms with Crippen molar-refractivity contribution < 1.29 is 4.79 Å². The second kappa shape index (κ2) is 9.25. The number of hydrogen-bond donors (Lipinski definition) is 1. The molecule has 5 rings (SSSR count). The van der Waals surface area contributed by atoms with E-state index >= 15 is 0 Å². The van der Waals surface area contributed by atoms with E-state index in [0.717, 1.165) is 17.1 Å². The first-order valence-corrected chi connectivity index (χ1v) is 11.4. The normalized spacial score (nSPS) is 13.9. The van der Waals surface area contributed by atoms with Crippen LogP contribution in [0.4, 0.5) is 16.3 Å². The Morgan fingerprint density at radius 3 is 2.33 bits per heavy atom. The monoisotopic (exact) mass is 477 g/mol. The topological polar surface area (TPSA) is 61.4 Å².